The molecule has 0 atom stereocenters. The molecule has 0 unspecified atom stereocenters. The van der Waals surface area contributed by atoms with Gasteiger partial charge in [0.25, 0.3) is 23.3 Å². The van der Waals surface area contributed by atoms with Gasteiger partial charge in [0.1, 0.15) is 50.8 Å². The van der Waals surface area contributed by atoms with Crippen LogP contribution in [0, 0.1) is 27.6 Å². The van der Waals surface area contributed by atoms with Crippen molar-refractivity contribution in [1.29, 1.82) is 0 Å². The molecule has 4 aliphatic heterocycles. The number of fused-ring (bicyclic) bond motifs is 12. The number of hydrogen-bond donors (Lipinski definition) is 0. The van der Waals surface area contributed by atoms with Crippen molar-refractivity contribution in [3.8, 4) is 0 Å². The van der Waals surface area contributed by atoms with Gasteiger partial charge in [-0.05, 0) is 147 Å². The van der Waals surface area contributed by atoms with Gasteiger partial charge >= 0.3 is 27.4 Å². The second-order valence-corrected chi connectivity index (χ2v) is 26.5. The maximum Gasteiger partial charge on any atom is 0.447 e. The molecule has 0 radical (unpaired) electrons. The van der Waals surface area contributed by atoms with Gasteiger partial charge in [-0.3, -0.25) is 19.2 Å². The van der Waals surface area contributed by atoms with Crippen LogP contribution in [-0.2, 0) is 56.4 Å². The van der Waals surface area contributed by atoms with E-state index in [1.807, 2.05) is 132 Å². The van der Waals surface area contributed by atoms with Crippen molar-refractivity contribution < 1.29 is 62.4 Å². The molecule has 0 aliphatic carbocycles. The minimum Gasteiger partial charge on any atom is -0.459 e. The first kappa shape index (κ1) is 57.2. The molecule has 0 bridgehead atoms. The fourth-order valence-electron chi connectivity index (χ4n) is 14.4. The minimum atomic E-state index is -2.12. The Hall–Kier alpha value is -10.2. The number of aryl methyl sites for hydroxylation is 12. The molecule has 0 amide bonds. The zero-order chi connectivity index (χ0) is 73.0. The molecular weight excluding hydrogens is 1190 g/mol. The Balaban J connectivity index is 0.000000122. The second kappa shape index (κ2) is 25.2. The van der Waals surface area contributed by atoms with Gasteiger partial charge in [-0.1, -0.05) is 6.07 Å². The van der Waals surface area contributed by atoms with Gasteiger partial charge in [0.05, 0.1) is 75.8 Å². The molecule has 0 saturated heterocycles. The van der Waals surface area contributed by atoms with Crippen LogP contribution in [0.15, 0.2) is 188 Å². The summed E-state index contributed by atoms with van der Waals surface area (Å²) in [7, 11) is 15.9. The molecule has 4 aliphatic rings. The van der Waals surface area contributed by atoms with E-state index in [9.17, 15) is 0 Å². The highest BCUT2D eigenvalue weighted by atomic mass is 16.3. The molecule has 0 N–H and O–H groups in total. The second-order valence-electron chi connectivity index (χ2n) is 26.5. The van der Waals surface area contributed by atoms with Gasteiger partial charge in [-0.15, -0.1) is 0 Å². The normalized spacial score (nSPS) is 15.3. The van der Waals surface area contributed by atoms with E-state index in [1.165, 1.54) is 44.7 Å². The van der Waals surface area contributed by atoms with E-state index in [4.69, 9.17) is 25.9 Å². The molecule has 12 aromatic rings. The van der Waals surface area contributed by atoms with Gasteiger partial charge in [0.2, 0.25) is 24.8 Å². The van der Waals surface area contributed by atoms with E-state index in [0.29, 0.717) is 11.1 Å². The van der Waals surface area contributed by atoms with E-state index >= 15 is 0 Å². The van der Waals surface area contributed by atoms with Crippen molar-refractivity contribution in [3.63, 3.8) is 0 Å². The summed E-state index contributed by atoms with van der Waals surface area (Å²) in [6, 6.07) is 24.5. The molecule has 16 nitrogen and oxygen atoms in total. The lowest BCUT2D eigenvalue weighted by Gasteiger charge is -2.26. The van der Waals surface area contributed by atoms with E-state index < -0.39 is 13.7 Å². The smallest absolute Gasteiger partial charge is 0.447 e. The molecule has 16 rings (SSSR count). The van der Waals surface area contributed by atoms with E-state index in [0.717, 1.165) is 101 Å². The number of pyridine rings is 8. The quantitative estimate of drug-likeness (QED) is 0.128. The van der Waals surface area contributed by atoms with Crippen molar-refractivity contribution in [3.05, 3.63) is 214 Å². The van der Waals surface area contributed by atoms with Crippen LogP contribution in [0.25, 0.3) is 68.2 Å². The van der Waals surface area contributed by atoms with Gasteiger partial charge in [-0.25, -0.2) is 36.5 Å². The highest BCUT2D eigenvalue weighted by Crippen LogP contribution is 2.34. The van der Waals surface area contributed by atoms with E-state index in [-0.39, 0.29) is 27.4 Å². The number of nitrogens with zero attached hydrogens (tertiary/aromatic N) is 12. The van der Waals surface area contributed by atoms with Crippen molar-refractivity contribution in [2.45, 2.75) is 82.5 Å². The van der Waals surface area contributed by atoms with Crippen molar-refractivity contribution in [2.24, 2.45) is 56.4 Å². The van der Waals surface area contributed by atoms with E-state index in [2.05, 4.69) is 202 Å². The Morgan fingerprint density at radius 3 is 1.07 bits per heavy atom. The fraction of sp³-hybridized carbons (Fsp3) is 0.263. The van der Waals surface area contributed by atoms with Crippen LogP contribution in [0.3, 0.4) is 0 Å². The predicted octanol–water partition coefficient (Wildman–Crippen LogP) is 8.40. The van der Waals surface area contributed by atoms with Crippen LogP contribution in [0.2, 0.25) is 27.3 Å². The largest absolute Gasteiger partial charge is 0.459 e. The first-order valence-corrected chi connectivity index (χ1v) is 32.7. The van der Waals surface area contributed by atoms with Crippen LogP contribution in [0.1, 0.15) is 80.4 Å². The molecule has 16 heterocycles. The van der Waals surface area contributed by atoms with Crippen molar-refractivity contribution in [1.82, 2.24) is 0 Å². The Morgan fingerprint density at radius 1 is 0.333 bits per heavy atom. The predicted molar refractivity (Wildman–Crippen MR) is 389 cm³/mol. The molecular formula is C76H88B4N12O4+8. The van der Waals surface area contributed by atoms with Crippen LogP contribution < -0.4 is 78.4 Å². The Labute approximate surface area is 573 Å². The molecule has 20 heteroatoms. The maximum absolute atomic E-state index is 7.76. The number of allylic oxidation sites excluding steroid dienone is 4. The summed E-state index contributed by atoms with van der Waals surface area (Å²) in [5, 5.41) is 4.58. The van der Waals surface area contributed by atoms with Crippen LogP contribution >= 0.6 is 0 Å². The molecule has 0 spiro atoms. The summed E-state index contributed by atoms with van der Waals surface area (Å²) in [4.78, 5) is 9.04. The van der Waals surface area contributed by atoms with Crippen LogP contribution in [0.4, 0.5) is 23.3 Å². The highest BCUT2D eigenvalue weighted by molar-refractivity contribution is 6.78. The lowest BCUT2D eigenvalue weighted by atomic mass is 9.57. The monoisotopic (exact) mass is 1280 g/mol. The fourth-order valence-corrected chi connectivity index (χ4v) is 14.4. The highest BCUT2D eigenvalue weighted by Gasteiger charge is 2.45. The first-order chi connectivity index (χ1) is 48.2. The number of rotatable bonds is 4. The lowest BCUT2D eigenvalue weighted by molar-refractivity contribution is -0.670. The lowest BCUT2D eigenvalue weighted by Crippen LogP contribution is -2.52. The minimum absolute atomic E-state index is 0.00693. The Morgan fingerprint density at radius 2 is 0.698 bits per heavy atom. The maximum atomic E-state index is 7.76. The molecule has 0 aromatic carbocycles. The summed E-state index contributed by atoms with van der Waals surface area (Å²) < 4.78 is 87.0. The Kier molecular flexibility index (Phi) is 15.0. The van der Waals surface area contributed by atoms with Crippen molar-refractivity contribution in [2.75, 3.05) is 19.2 Å². The van der Waals surface area contributed by atoms with Gasteiger partial charge in [-0.2, -0.15) is 0 Å². The van der Waals surface area contributed by atoms with Crippen LogP contribution in [0.5, 0.6) is 0 Å². The molecule has 12 aromatic heterocycles. The number of hydrogen-bond acceptors (Lipinski definition) is 8. The zero-order valence-corrected chi connectivity index (χ0v) is 58.5. The van der Waals surface area contributed by atoms with Gasteiger partial charge < -0.3 is 17.7 Å². The van der Waals surface area contributed by atoms with Gasteiger partial charge in [0, 0.05) is 101 Å². The van der Waals surface area contributed by atoms with Gasteiger partial charge in [0.15, 0.2) is 47.1 Å². The number of aromatic nitrogens is 8. The summed E-state index contributed by atoms with van der Waals surface area (Å²) >= 11 is 0. The first-order valence-electron chi connectivity index (χ1n) is 35.7. The number of furan rings is 4. The third-order valence-electron chi connectivity index (χ3n) is 19.2. The number of anilines is 4. The topological polar surface area (TPSA) is 96.6 Å². The standard InChI is InChI=1S/C20H24BN3O.2C19H22BN3O.C18H20BN3O/c1-13-9-19(23(6)11-14(13)2)24-15(3)10-17-16-7-8-22(5)12-18(16)25-20(17)21(24)4;1-13-6-9-22(5)18(10-13)23-14(2)11-16-15-7-8-21(4)12-17(15)24-19(16)20(23)3;1-13-6-7-18(22(5)11-13)23-14(2)10-16-15-8-9-21(4)12-17(15)24-19(16)20(23)3;1-13-11-15-14-8-10-20(3)12-16(14)23-18(15)19(2)22(13)17-7-5-6-9-21(17)4/h7-12H,1-6H3;2*6-12H,1-5H3;5-12H,1-4H3/q4*+2/i2D3;;1D3;. The molecule has 96 heavy (non-hydrogen) atoms. The summed E-state index contributed by atoms with van der Waals surface area (Å²) in [6.45, 7) is 17.1. The van der Waals surface area contributed by atoms with E-state index in [1.54, 1.807) is 18.5 Å². The third-order valence-corrected chi connectivity index (χ3v) is 19.2. The summed E-state index contributed by atoms with van der Waals surface area (Å²) in [5.74, 6) is 4.18. The van der Waals surface area contributed by atoms with Crippen molar-refractivity contribution >= 4 is 141 Å². The SMILES string of the molecule is CB1c2oc3c[n+](C)ccc3c2C=C(C)N1c1cc(C)cc[n+]1C.CB1c2oc3c[n+](C)ccc3c2C=C(C)N1c1cccc[n+]1C.[2H]C([2H])([2H])c1c[n+](C)c(N2B(C)c3oc4c[n+](C)ccc4c3C=C2C)cc1C.[2H]C([2H])([2H])c1ccc(N2B(C)c3oc4c[n+](C)ccc4c3C=C2C)[n+](C)c1. The molecule has 0 fully saturated rings. The zero-order valence-electron chi connectivity index (χ0n) is 64.5. The summed E-state index contributed by atoms with van der Waals surface area (Å²) in [5.41, 5.74) is 19.5. The summed E-state index contributed by atoms with van der Waals surface area (Å²) in [6.07, 6.45) is 32.6. The average Bonchev–Trinajstić information content (AvgIpc) is 1.56. The average molecular weight is 1280 g/mol. The third kappa shape index (κ3) is 11.6. The molecule has 0 saturated carbocycles. The van der Waals surface area contributed by atoms with Crippen LogP contribution in [-0.4, -0.2) is 27.4 Å². The molecule has 480 valence electrons. The Bertz CT molecular complexity index is 5500.